The molecule has 0 saturated carbocycles. The van der Waals surface area contributed by atoms with Crippen LogP contribution in [0, 0.1) is 0 Å². The molecule has 0 atom stereocenters. The van der Waals surface area contributed by atoms with Gasteiger partial charge in [-0.3, -0.25) is 4.55 Å². The van der Waals surface area contributed by atoms with E-state index in [1.807, 2.05) is 18.2 Å². The van der Waals surface area contributed by atoms with Crippen LogP contribution in [0.1, 0.15) is 6.92 Å². The van der Waals surface area contributed by atoms with Crippen LogP contribution in [-0.2, 0) is 19.7 Å². The molecule has 0 aliphatic rings. The summed E-state index contributed by atoms with van der Waals surface area (Å²) in [4.78, 5) is 19.6. The van der Waals surface area contributed by atoms with Crippen molar-refractivity contribution in [3.8, 4) is 0 Å². The number of carboxylic acid groups (broad SMARTS) is 2. The van der Waals surface area contributed by atoms with Gasteiger partial charge in [-0.2, -0.15) is 8.42 Å². The first-order valence-corrected chi connectivity index (χ1v) is 7.66. The Labute approximate surface area is 132 Å². The Morgan fingerprint density at radius 3 is 2.00 bits per heavy atom. The largest absolute Gasteiger partial charge is 0.478 e. The minimum Gasteiger partial charge on any atom is -0.478 e. The number of benzene rings is 2. The molecule has 0 heterocycles. The smallest absolute Gasteiger partial charge is 0.331 e. The van der Waals surface area contributed by atoms with Gasteiger partial charge in [0.1, 0.15) is 0 Å². The number of carbonyl (C=O) groups is 2. The van der Waals surface area contributed by atoms with Crippen molar-refractivity contribution in [3.63, 3.8) is 0 Å². The van der Waals surface area contributed by atoms with E-state index in [9.17, 15) is 18.0 Å². The minimum atomic E-state index is -4.09. The van der Waals surface area contributed by atoms with Crippen molar-refractivity contribution in [2.75, 3.05) is 0 Å². The molecule has 7 nitrogen and oxygen atoms in total. The normalized spacial score (nSPS) is 11.5. The lowest BCUT2D eigenvalue weighted by molar-refractivity contribution is -0.135. The van der Waals surface area contributed by atoms with Gasteiger partial charge in [-0.15, -0.1) is 0 Å². The zero-order valence-corrected chi connectivity index (χ0v) is 12.8. The standard InChI is InChI=1S/C10H8O3S.C5H6O4/c11-14(12,13)10-6-5-8-3-1-2-4-9(8)7-10;1-3(5(8)9)2-4(6)7/h1-7H,(H,11,12,13);2H,1H3,(H,6,7)(H,8,9)/b;3-2+. The third-order valence-corrected chi connectivity index (χ3v) is 3.55. The van der Waals surface area contributed by atoms with Gasteiger partial charge in [-0.05, 0) is 29.8 Å². The van der Waals surface area contributed by atoms with Crippen molar-refractivity contribution in [2.45, 2.75) is 11.8 Å². The Bertz CT molecular complexity index is 866. The molecule has 0 radical (unpaired) electrons. The van der Waals surface area contributed by atoms with E-state index >= 15 is 0 Å². The lowest BCUT2D eigenvalue weighted by Gasteiger charge is -1.99. The van der Waals surface area contributed by atoms with Crippen LogP contribution in [-0.4, -0.2) is 35.1 Å². The minimum absolute atomic E-state index is 0.0730. The van der Waals surface area contributed by atoms with E-state index in [4.69, 9.17) is 14.8 Å². The third-order valence-electron chi connectivity index (χ3n) is 2.70. The highest BCUT2D eigenvalue weighted by molar-refractivity contribution is 7.85. The summed E-state index contributed by atoms with van der Waals surface area (Å²) in [7, 11) is -4.09. The lowest BCUT2D eigenvalue weighted by Crippen LogP contribution is -1.99. The van der Waals surface area contributed by atoms with E-state index < -0.39 is 22.1 Å². The maximum Gasteiger partial charge on any atom is 0.331 e. The molecule has 0 unspecified atom stereocenters. The average Bonchev–Trinajstić information content (AvgIpc) is 2.45. The summed E-state index contributed by atoms with van der Waals surface area (Å²) in [6, 6.07) is 11.9. The van der Waals surface area contributed by atoms with Gasteiger partial charge in [0, 0.05) is 11.6 Å². The Balaban J connectivity index is 0.000000257. The molecule has 0 saturated heterocycles. The van der Waals surface area contributed by atoms with E-state index in [0.717, 1.165) is 10.8 Å². The summed E-state index contributed by atoms with van der Waals surface area (Å²) in [5.41, 5.74) is -0.178. The molecule has 3 N–H and O–H groups in total. The van der Waals surface area contributed by atoms with Crippen molar-refractivity contribution >= 4 is 32.8 Å². The van der Waals surface area contributed by atoms with Crippen LogP contribution < -0.4 is 0 Å². The van der Waals surface area contributed by atoms with Crippen LogP contribution in [0.4, 0.5) is 0 Å². The highest BCUT2D eigenvalue weighted by Crippen LogP contribution is 2.18. The molecular weight excluding hydrogens is 324 g/mol. The van der Waals surface area contributed by atoms with Crippen LogP contribution in [0.3, 0.4) is 0 Å². The number of fused-ring (bicyclic) bond motifs is 1. The quantitative estimate of drug-likeness (QED) is 0.578. The maximum absolute atomic E-state index is 10.8. The molecule has 122 valence electrons. The molecular formula is C15H14O7S. The van der Waals surface area contributed by atoms with Gasteiger partial charge in [0.05, 0.1) is 4.90 Å². The second-order valence-electron chi connectivity index (χ2n) is 4.45. The fourth-order valence-corrected chi connectivity index (χ4v) is 2.09. The van der Waals surface area contributed by atoms with E-state index in [2.05, 4.69) is 0 Å². The maximum atomic E-state index is 10.8. The van der Waals surface area contributed by atoms with Crippen molar-refractivity contribution in [1.29, 1.82) is 0 Å². The average molecular weight is 338 g/mol. The van der Waals surface area contributed by atoms with Gasteiger partial charge in [0.2, 0.25) is 0 Å². The first-order chi connectivity index (χ1) is 10.6. The predicted molar refractivity (Wildman–Crippen MR) is 82.8 cm³/mol. The van der Waals surface area contributed by atoms with Crippen molar-refractivity contribution < 1.29 is 32.8 Å². The Hall–Kier alpha value is -2.71. The Morgan fingerprint density at radius 2 is 1.57 bits per heavy atom. The first kappa shape index (κ1) is 18.3. The zero-order chi connectivity index (χ0) is 17.6. The predicted octanol–water partition coefficient (Wildman–Crippen LogP) is 2.19. The second-order valence-corrected chi connectivity index (χ2v) is 5.88. The molecule has 0 spiro atoms. The molecule has 0 fully saturated rings. The van der Waals surface area contributed by atoms with Crippen molar-refractivity contribution in [2.24, 2.45) is 0 Å². The second kappa shape index (κ2) is 7.52. The van der Waals surface area contributed by atoms with E-state index in [1.54, 1.807) is 12.1 Å². The van der Waals surface area contributed by atoms with Crippen molar-refractivity contribution in [1.82, 2.24) is 0 Å². The summed E-state index contributed by atoms with van der Waals surface area (Å²) >= 11 is 0. The zero-order valence-electron chi connectivity index (χ0n) is 12.0. The number of carboxylic acids is 2. The monoisotopic (exact) mass is 338 g/mol. The Morgan fingerprint density at radius 1 is 1.00 bits per heavy atom. The number of rotatable bonds is 3. The summed E-state index contributed by atoms with van der Waals surface area (Å²) in [6.45, 7) is 1.22. The summed E-state index contributed by atoms with van der Waals surface area (Å²) < 4.78 is 30.5. The summed E-state index contributed by atoms with van der Waals surface area (Å²) in [5.74, 6) is -2.45. The SMILES string of the molecule is C/C(=C\C(=O)O)C(=O)O.O=S(=O)(O)c1ccc2ccccc2c1. The van der Waals surface area contributed by atoms with Crippen LogP contribution >= 0.6 is 0 Å². The number of aliphatic carboxylic acids is 2. The first-order valence-electron chi connectivity index (χ1n) is 6.22. The molecule has 8 heteroatoms. The molecule has 0 aromatic heterocycles. The third kappa shape index (κ3) is 5.89. The summed E-state index contributed by atoms with van der Waals surface area (Å²) in [6.07, 6.45) is 0.641. The van der Waals surface area contributed by atoms with E-state index in [0.29, 0.717) is 6.08 Å². The van der Waals surface area contributed by atoms with Gasteiger partial charge < -0.3 is 10.2 Å². The fraction of sp³-hybridized carbons (Fsp3) is 0.0667. The van der Waals surface area contributed by atoms with E-state index in [-0.39, 0.29) is 10.5 Å². The van der Waals surface area contributed by atoms with E-state index in [1.165, 1.54) is 19.1 Å². The summed E-state index contributed by atoms with van der Waals surface area (Å²) in [5, 5.41) is 17.8. The molecule has 0 aliphatic carbocycles. The molecule has 0 aliphatic heterocycles. The van der Waals surface area contributed by atoms with Gasteiger partial charge in [0.15, 0.2) is 0 Å². The molecule has 23 heavy (non-hydrogen) atoms. The van der Waals surface area contributed by atoms with Gasteiger partial charge in [-0.25, -0.2) is 9.59 Å². The van der Waals surface area contributed by atoms with Crippen LogP contribution in [0.15, 0.2) is 59.0 Å². The molecule has 2 rings (SSSR count). The fourth-order valence-electron chi connectivity index (χ4n) is 1.57. The molecule has 2 aromatic carbocycles. The number of hydrogen-bond donors (Lipinski definition) is 3. The van der Waals surface area contributed by atoms with Crippen molar-refractivity contribution in [3.05, 3.63) is 54.1 Å². The van der Waals surface area contributed by atoms with Crippen LogP contribution in [0.25, 0.3) is 10.8 Å². The topological polar surface area (TPSA) is 129 Å². The van der Waals surface area contributed by atoms with Gasteiger partial charge >= 0.3 is 11.9 Å². The van der Waals surface area contributed by atoms with Crippen LogP contribution in [0.2, 0.25) is 0 Å². The lowest BCUT2D eigenvalue weighted by atomic mass is 10.1. The highest BCUT2D eigenvalue weighted by Gasteiger charge is 2.08. The number of hydrogen-bond acceptors (Lipinski definition) is 4. The molecule has 2 aromatic rings. The highest BCUT2D eigenvalue weighted by atomic mass is 32.2. The van der Waals surface area contributed by atoms with Gasteiger partial charge in [-0.1, -0.05) is 30.3 Å². The van der Waals surface area contributed by atoms with Gasteiger partial charge in [0.25, 0.3) is 10.1 Å². The molecule has 0 bridgehead atoms. The molecule has 0 amide bonds. The van der Waals surface area contributed by atoms with Crippen LogP contribution in [0.5, 0.6) is 0 Å². The Kier molecular flexibility index (Phi) is 6.00.